The van der Waals surface area contributed by atoms with E-state index < -0.39 is 11.2 Å². The van der Waals surface area contributed by atoms with E-state index in [9.17, 15) is 4.55 Å². The Bertz CT molecular complexity index is 857. The van der Waals surface area contributed by atoms with Crippen LogP contribution in [0.2, 0.25) is 0 Å². The summed E-state index contributed by atoms with van der Waals surface area (Å²) in [6, 6.07) is 9.47. The van der Waals surface area contributed by atoms with Crippen molar-refractivity contribution in [2.24, 2.45) is 0 Å². The summed E-state index contributed by atoms with van der Waals surface area (Å²) in [5.41, 5.74) is 3.33. The van der Waals surface area contributed by atoms with Gasteiger partial charge in [-0.05, 0) is 38.5 Å². The molecule has 0 aliphatic heterocycles. The van der Waals surface area contributed by atoms with Gasteiger partial charge in [0.1, 0.15) is 12.4 Å². The van der Waals surface area contributed by atoms with Crippen molar-refractivity contribution in [1.29, 1.82) is 0 Å². The molecule has 0 amide bonds. The topological polar surface area (TPSA) is 83.1 Å². The van der Waals surface area contributed by atoms with Crippen molar-refractivity contribution in [3.8, 4) is 5.75 Å². The summed E-state index contributed by atoms with van der Waals surface area (Å²) >= 11 is -1.31. The summed E-state index contributed by atoms with van der Waals surface area (Å²) in [7, 11) is 0. The molecule has 0 bridgehead atoms. The predicted octanol–water partition coefficient (Wildman–Crippen LogP) is 3.12. The fourth-order valence-electron chi connectivity index (χ4n) is 2.61. The molecule has 0 saturated carbocycles. The molecule has 2 unspecified atom stereocenters. The SMILES string of the molecule is CCC(C)OCCOc1ccnc(C[S+]([O-])c2nc3ccccc3[nH]2)c1C.[NaH]. The molecule has 2 atom stereocenters. The van der Waals surface area contributed by atoms with Gasteiger partial charge in [0, 0.05) is 22.9 Å². The normalized spacial score (nSPS) is 13.1. The Hall–Kier alpha value is -1.09. The molecular formula is C20H26N3NaO3S. The number of hydrogen-bond acceptors (Lipinski definition) is 5. The molecule has 0 aliphatic rings. The number of benzene rings is 1. The van der Waals surface area contributed by atoms with E-state index in [1.54, 1.807) is 6.20 Å². The summed E-state index contributed by atoms with van der Waals surface area (Å²) in [5.74, 6) is 1.03. The second-order valence-corrected chi connectivity index (χ2v) is 7.73. The summed E-state index contributed by atoms with van der Waals surface area (Å²) < 4.78 is 24.2. The number of imidazole rings is 1. The first kappa shape index (κ1) is 23.2. The third kappa shape index (κ3) is 5.95. The minimum absolute atomic E-state index is 0. The van der Waals surface area contributed by atoms with Gasteiger partial charge in [-0.1, -0.05) is 19.1 Å². The van der Waals surface area contributed by atoms with Crippen molar-refractivity contribution >= 4 is 51.8 Å². The Balaban J connectivity index is 0.00000280. The van der Waals surface area contributed by atoms with Gasteiger partial charge >= 0.3 is 34.7 Å². The Morgan fingerprint density at radius 2 is 2.00 bits per heavy atom. The van der Waals surface area contributed by atoms with E-state index in [0.717, 1.165) is 34.5 Å². The average molecular weight is 412 g/mol. The van der Waals surface area contributed by atoms with Crippen molar-refractivity contribution < 1.29 is 14.0 Å². The molecule has 2 heterocycles. The summed E-state index contributed by atoms with van der Waals surface area (Å²) in [6.07, 6.45) is 2.89. The van der Waals surface area contributed by atoms with Gasteiger partial charge in [0.25, 0.3) is 0 Å². The van der Waals surface area contributed by atoms with E-state index in [1.165, 1.54) is 0 Å². The van der Waals surface area contributed by atoms with Crippen LogP contribution in [0.4, 0.5) is 0 Å². The van der Waals surface area contributed by atoms with E-state index in [-0.39, 0.29) is 41.4 Å². The number of aromatic amines is 1. The number of para-hydroxylation sites is 2. The van der Waals surface area contributed by atoms with Crippen LogP contribution in [0.1, 0.15) is 31.5 Å². The van der Waals surface area contributed by atoms with Crippen molar-refractivity contribution in [3.63, 3.8) is 0 Å². The Labute approximate surface area is 190 Å². The van der Waals surface area contributed by atoms with Crippen LogP contribution < -0.4 is 4.74 Å². The second kappa shape index (κ2) is 11.2. The fourth-order valence-corrected chi connectivity index (χ4v) is 3.71. The monoisotopic (exact) mass is 411 g/mol. The molecule has 8 heteroatoms. The van der Waals surface area contributed by atoms with Gasteiger partial charge in [0.2, 0.25) is 0 Å². The first-order valence-electron chi connectivity index (χ1n) is 9.10. The molecule has 3 rings (SSSR count). The zero-order valence-electron chi connectivity index (χ0n) is 15.9. The number of aromatic nitrogens is 3. The van der Waals surface area contributed by atoms with Gasteiger partial charge in [-0.15, -0.1) is 0 Å². The van der Waals surface area contributed by atoms with Crippen LogP contribution in [0.3, 0.4) is 0 Å². The predicted molar refractivity (Wildman–Crippen MR) is 114 cm³/mol. The molecular weight excluding hydrogens is 385 g/mol. The number of pyridine rings is 1. The summed E-state index contributed by atoms with van der Waals surface area (Å²) in [6.45, 7) is 7.08. The van der Waals surface area contributed by atoms with E-state index in [1.807, 2.05) is 44.2 Å². The molecule has 0 aliphatic carbocycles. The quantitative estimate of drug-likeness (QED) is 0.332. The van der Waals surface area contributed by atoms with Gasteiger partial charge in [0.05, 0.1) is 29.4 Å². The maximum absolute atomic E-state index is 12.7. The molecule has 0 saturated heterocycles. The number of hydrogen-bond donors (Lipinski definition) is 1. The Morgan fingerprint density at radius 1 is 1.21 bits per heavy atom. The third-order valence-corrected chi connectivity index (χ3v) is 5.59. The molecule has 2 aromatic heterocycles. The van der Waals surface area contributed by atoms with Crippen LogP contribution in [-0.4, -0.2) is 68.4 Å². The van der Waals surface area contributed by atoms with E-state index in [2.05, 4.69) is 21.9 Å². The average Bonchev–Trinajstić information content (AvgIpc) is 3.12. The zero-order chi connectivity index (χ0) is 19.2. The molecule has 146 valence electrons. The summed E-state index contributed by atoms with van der Waals surface area (Å²) in [4.78, 5) is 11.9. The first-order chi connectivity index (χ1) is 13.1. The number of fused-ring (bicyclic) bond motifs is 1. The standard InChI is InChI=1S/C20H25N3O3S.Na.H/c1-4-14(2)25-11-12-26-19-9-10-21-18(15(19)3)13-27(24)20-22-16-7-5-6-8-17(16)23-20;;/h5-10,14H,4,11-13H2,1-3H3,(H,22,23);;. The number of rotatable bonds is 9. The summed E-state index contributed by atoms with van der Waals surface area (Å²) in [5, 5.41) is 0.464. The number of nitrogens with one attached hydrogen (secondary N) is 1. The van der Waals surface area contributed by atoms with Crippen molar-refractivity contribution in [2.75, 3.05) is 13.2 Å². The van der Waals surface area contributed by atoms with Gasteiger partial charge in [-0.2, -0.15) is 4.98 Å². The molecule has 0 radical (unpaired) electrons. The third-order valence-electron chi connectivity index (χ3n) is 4.43. The molecule has 3 aromatic rings. The maximum atomic E-state index is 12.7. The van der Waals surface area contributed by atoms with Crippen LogP contribution in [0, 0.1) is 6.92 Å². The van der Waals surface area contributed by atoms with Crippen LogP contribution in [0.15, 0.2) is 41.7 Å². The van der Waals surface area contributed by atoms with E-state index in [0.29, 0.717) is 18.4 Å². The molecule has 0 fully saturated rings. The molecule has 1 N–H and O–H groups in total. The van der Waals surface area contributed by atoms with Crippen molar-refractivity contribution in [2.45, 2.75) is 44.2 Å². The molecule has 1 aromatic carbocycles. The minimum atomic E-state index is -1.31. The second-order valence-electron chi connectivity index (χ2n) is 6.37. The van der Waals surface area contributed by atoms with Gasteiger partial charge in [-0.25, -0.2) is 0 Å². The van der Waals surface area contributed by atoms with Gasteiger partial charge < -0.3 is 14.0 Å². The molecule has 0 spiro atoms. The van der Waals surface area contributed by atoms with Crippen LogP contribution in [0.25, 0.3) is 11.0 Å². The van der Waals surface area contributed by atoms with Crippen LogP contribution in [-0.2, 0) is 21.7 Å². The van der Waals surface area contributed by atoms with Crippen molar-refractivity contribution in [1.82, 2.24) is 15.0 Å². The molecule has 28 heavy (non-hydrogen) atoms. The Morgan fingerprint density at radius 3 is 2.75 bits per heavy atom. The van der Waals surface area contributed by atoms with Crippen molar-refractivity contribution in [3.05, 3.63) is 47.8 Å². The van der Waals surface area contributed by atoms with Gasteiger partial charge in [0.15, 0.2) is 5.75 Å². The van der Waals surface area contributed by atoms with Gasteiger partial charge in [-0.3, -0.25) is 9.97 Å². The fraction of sp³-hybridized carbons (Fsp3) is 0.400. The Kier molecular flexibility index (Phi) is 9.27. The van der Waals surface area contributed by atoms with Crippen LogP contribution in [0.5, 0.6) is 5.75 Å². The molecule has 6 nitrogen and oxygen atoms in total. The number of ether oxygens (including phenoxy) is 2. The van der Waals surface area contributed by atoms with Crippen LogP contribution >= 0.6 is 0 Å². The zero-order valence-corrected chi connectivity index (χ0v) is 16.7. The first-order valence-corrected chi connectivity index (χ1v) is 10.4. The number of nitrogens with zero attached hydrogens (tertiary/aromatic N) is 2. The van der Waals surface area contributed by atoms with E-state index in [4.69, 9.17) is 9.47 Å². The van der Waals surface area contributed by atoms with E-state index >= 15 is 0 Å². The number of H-pyrrole nitrogens is 1.